The maximum absolute atomic E-state index is 12.1. The summed E-state index contributed by atoms with van der Waals surface area (Å²) in [4.78, 5) is 9.23. The highest BCUT2D eigenvalue weighted by Crippen LogP contribution is 2.28. The Morgan fingerprint density at radius 1 is 1.12 bits per heavy atom. The van der Waals surface area contributed by atoms with Crippen molar-refractivity contribution in [3.63, 3.8) is 0 Å². The van der Waals surface area contributed by atoms with Gasteiger partial charge in [-0.25, -0.2) is 18.4 Å². The van der Waals surface area contributed by atoms with Gasteiger partial charge < -0.3 is 10.6 Å². The van der Waals surface area contributed by atoms with E-state index in [4.69, 9.17) is 0 Å². The second-order valence-corrected chi connectivity index (χ2v) is 9.08. The zero-order valence-corrected chi connectivity index (χ0v) is 16.5. The Kier molecular flexibility index (Phi) is 7.46. The topological polar surface area (TPSA) is 84.0 Å². The highest BCUT2D eigenvalue weighted by atomic mass is 35.5. The van der Waals surface area contributed by atoms with Crippen LogP contribution < -0.4 is 10.6 Å². The van der Waals surface area contributed by atoms with Gasteiger partial charge in [0.25, 0.3) is 0 Å². The number of hydrogen-bond donors (Lipinski definition) is 2. The Morgan fingerprint density at radius 2 is 1.84 bits per heavy atom. The van der Waals surface area contributed by atoms with Crippen molar-refractivity contribution in [2.24, 2.45) is 0 Å². The Morgan fingerprint density at radius 3 is 2.44 bits per heavy atom. The number of anilines is 1. The fraction of sp³-hybridized carbons (Fsp3) is 0.765. The Balaban J connectivity index is 0.00000225. The van der Waals surface area contributed by atoms with E-state index in [1.807, 2.05) is 0 Å². The largest absolute Gasteiger partial charge is 0.351 e. The van der Waals surface area contributed by atoms with Crippen molar-refractivity contribution >= 4 is 28.2 Å². The molecule has 0 aromatic carbocycles. The molecule has 1 saturated heterocycles. The predicted octanol–water partition coefficient (Wildman–Crippen LogP) is 2.90. The second kappa shape index (κ2) is 9.14. The van der Waals surface area contributed by atoms with Crippen molar-refractivity contribution in [2.75, 3.05) is 24.7 Å². The molecule has 2 aliphatic rings. The summed E-state index contributed by atoms with van der Waals surface area (Å²) in [6, 6.07) is 0.397. The summed E-state index contributed by atoms with van der Waals surface area (Å²) in [5.41, 5.74) is 0.677. The molecular weight excluding hydrogens is 360 g/mol. The third kappa shape index (κ3) is 5.53. The molecule has 142 valence electrons. The van der Waals surface area contributed by atoms with E-state index in [1.165, 1.54) is 38.1 Å². The number of hydrogen-bond acceptors (Lipinski definition) is 6. The van der Waals surface area contributed by atoms with E-state index in [9.17, 15) is 8.42 Å². The van der Waals surface area contributed by atoms with Crippen molar-refractivity contribution in [3.8, 4) is 0 Å². The number of nitrogens with one attached hydrogen (secondary N) is 2. The van der Waals surface area contributed by atoms with Gasteiger partial charge in [0, 0.05) is 24.8 Å². The average Bonchev–Trinajstić information content (AvgIpc) is 2.83. The summed E-state index contributed by atoms with van der Waals surface area (Å²) in [5, 5.41) is 6.79. The molecule has 2 heterocycles. The van der Waals surface area contributed by atoms with E-state index in [2.05, 4.69) is 20.6 Å². The number of halogens is 1. The molecule has 0 spiro atoms. The zero-order valence-electron chi connectivity index (χ0n) is 14.8. The minimum atomic E-state index is -3.32. The average molecular weight is 389 g/mol. The molecule has 1 aliphatic heterocycles. The predicted molar refractivity (Wildman–Crippen MR) is 102 cm³/mol. The number of nitrogens with zero attached hydrogens (tertiary/aromatic N) is 2. The molecule has 1 atom stereocenters. The number of piperidine rings is 1. The molecule has 25 heavy (non-hydrogen) atoms. The van der Waals surface area contributed by atoms with Gasteiger partial charge in [-0.1, -0.05) is 25.7 Å². The molecule has 0 amide bonds. The summed E-state index contributed by atoms with van der Waals surface area (Å²) in [5.74, 6) is 0.719. The molecule has 1 aromatic heterocycles. The summed E-state index contributed by atoms with van der Waals surface area (Å²) >= 11 is 0. The number of rotatable bonds is 4. The Labute approximate surface area is 156 Å². The van der Waals surface area contributed by atoms with E-state index < -0.39 is 9.84 Å². The lowest BCUT2D eigenvalue weighted by molar-refractivity contribution is 0.448. The molecule has 3 rings (SSSR count). The maximum Gasteiger partial charge on any atom is 0.223 e. The van der Waals surface area contributed by atoms with Gasteiger partial charge in [0.15, 0.2) is 9.84 Å². The zero-order chi connectivity index (χ0) is 17.0. The van der Waals surface area contributed by atoms with Crippen LogP contribution in [-0.2, 0) is 9.84 Å². The van der Waals surface area contributed by atoms with Crippen LogP contribution in [0, 0.1) is 0 Å². The molecule has 1 unspecified atom stereocenters. The molecule has 1 saturated carbocycles. The molecule has 2 fully saturated rings. The first kappa shape index (κ1) is 20.4. The molecule has 2 N–H and O–H groups in total. The van der Waals surface area contributed by atoms with Crippen LogP contribution in [0.1, 0.15) is 63.0 Å². The summed E-state index contributed by atoms with van der Waals surface area (Å²) in [6.45, 7) is 1.77. The standard InChI is InChI=1S/C17H28N4O2S.ClH/c1-24(22,23)15-12-19-17(20-14-8-4-2-3-5-9-14)21-16(15)13-7-6-10-18-11-13;/h12-14,18H,2-11H2,1H3,(H,19,20,21);1H. The minimum Gasteiger partial charge on any atom is -0.351 e. The van der Waals surface area contributed by atoms with Crippen LogP contribution in [-0.4, -0.2) is 43.8 Å². The normalized spacial score (nSPS) is 22.7. The van der Waals surface area contributed by atoms with Crippen molar-refractivity contribution < 1.29 is 8.42 Å². The lowest BCUT2D eigenvalue weighted by Gasteiger charge is -2.24. The van der Waals surface area contributed by atoms with Gasteiger partial charge in [-0.05, 0) is 32.2 Å². The van der Waals surface area contributed by atoms with Crippen molar-refractivity contribution in [1.82, 2.24) is 15.3 Å². The number of sulfone groups is 1. The molecule has 6 nitrogen and oxygen atoms in total. The van der Waals surface area contributed by atoms with Gasteiger partial charge in [0.05, 0.1) is 11.9 Å². The first-order valence-electron chi connectivity index (χ1n) is 9.08. The van der Waals surface area contributed by atoms with Crippen LogP contribution in [0.3, 0.4) is 0 Å². The molecule has 0 bridgehead atoms. The fourth-order valence-electron chi connectivity index (χ4n) is 3.72. The molecule has 1 aliphatic carbocycles. The van der Waals surface area contributed by atoms with E-state index in [0.29, 0.717) is 17.7 Å². The van der Waals surface area contributed by atoms with Gasteiger partial charge >= 0.3 is 0 Å². The van der Waals surface area contributed by atoms with Gasteiger partial charge in [0.1, 0.15) is 4.90 Å². The van der Waals surface area contributed by atoms with E-state index in [0.717, 1.165) is 38.8 Å². The monoisotopic (exact) mass is 388 g/mol. The van der Waals surface area contributed by atoms with E-state index in [1.54, 1.807) is 0 Å². The third-order valence-corrected chi connectivity index (χ3v) is 6.17. The molecular formula is C17H29ClN4O2S. The SMILES string of the molecule is CS(=O)(=O)c1cnc(NC2CCCCCC2)nc1C1CCCNC1.Cl. The van der Waals surface area contributed by atoms with Crippen LogP contribution in [0.25, 0.3) is 0 Å². The van der Waals surface area contributed by atoms with Crippen LogP contribution in [0.4, 0.5) is 5.95 Å². The van der Waals surface area contributed by atoms with Crippen LogP contribution >= 0.6 is 12.4 Å². The maximum atomic E-state index is 12.1. The van der Waals surface area contributed by atoms with Crippen molar-refractivity contribution in [2.45, 2.75) is 68.2 Å². The highest BCUT2D eigenvalue weighted by molar-refractivity contribution is 7.90. The second-order valence-electron chi connectivity index (χ2n) is 7.09. The summed E-state index contributed by atoms with van der Waals surface area (Å²) < 4.78 is 24.2. The number of aromatic nitrogens is 2. The first-order valence-corrected chi connectivity index (χ1v) is 11.0. The minimum absolute atomic E-state index is 0. The van der Waals surface area contributed by atoms with Gasteiger partial charge in [0.2, 0.25) is 5.95 Å². The van der Waals surface area contributed by atoms with Gasteiger partial charge in [-0.15, -0.1) is 12.4 Å². The first-order chi connectivity index (χ1) is 11.5. The lowest BCUT2D eigenvalue weighted by atomic mass is 9.96. The lowest BCUT2D eigenvalue weighted by Crippen LogP contribution is -2.30. The van der Waals surface area contributed by atoms with Gasteiger partial charge in [-0.3, -0.25) is 0 Å². The highest BCUT2D eigenvalue weighted by Gasteiger charge is 2.25. The van der Waals surface area contributed by atoms with Crippen molar-refractivity contribution in [1.29, 1.82) is 0 Å². The van der Waals surface area contributed by atoms with Gasteiger partial charge in [-0.2, -0.15) is 0 Å². The van der Waals surface area contributed by atoms with Crippen LogP contribution in [0.2, 0.25) is 0 Å². The van der Waals surface area contributed by atoms with Crippen LogP contribution in [0.5, 0.6) is 0 Å². The van der Waals surface area contributed by atoms with Crippen molar-refractivity contribution in [3.05, 3.63) is 11.9 Å². The summed E-state index contributed by atoms with van der Waals surface area (Å²) in [7, 11) is -3.32. The molecule has 8 heteroatoms. The summed E-state index contributed by atoms with van der Waals surface area (Å²) in [6.07, 6.45) is 12.1. The Bertz CT molecular complexity index is 655. The molecule has 0 radical (unpaired) electrons. The third-order valence-electron chi connectivity index (χ3n) is 5.05. The van der Waals surface area contributed by atoms with E-state index in [-0.39, 0.29) is 23.2 Å². The molecule has 1 aromatic rings. The van der Waals surface area contributed by atoms with E-state index >= 15 is 0 Å². The quantitative estimate of drug-likeness (QED) is 0.771. The Hall–Kier alpha value is -0.920. The van der Waals surface area contributed by atoms with Crippen LogP contribution in [0.15, 0.2) is 11.1 Å². The fourth-order valence-corrected chi connectivity index (χ4v) is 4.56. The smallest absolute Gasteiger partial charge is 0.223 e.